The van der Waals surface area contributed by atoms with Crippen molar-refractivity contribution in [1.29, 1.82) is 0 Å². The third kappa shape index (κ3) is 1.12. The van der Waals surface area contributed by atoms with Crippen LogP contribution in [0.15, 0.2) is 0 Å². The second-order valence-corrected chi connectivity index (χ2v) is 12.9. The van der Waals surface area contributed by atoms with Crippen molar-refractivity contribution >= 4 is 39.2 Å². The molecule has 0 amide bonds. The van der Waals surface area contributed by atoms with Gasteiger partial charge in [-0.1, -0.05) is 0 Å². The van der Waals surface area contributed by atoms with E-state index in [1.165, 1.54) is 0 Å². The molecule has 0 aromatic rings. The summed E-state index contributed by atoms with van der Waals surface area (Å²) >= 11 is 15.7. The van der Waals surface area contributed by atoms with Crippen molar-refractivity contribution in [1.82, 2.24) is 0 Å². The molecule has 16 heavy (non-hydrogen) atoms. The van der Waals surface area contributed by atoms with Gasteiger partial charge in [-0.3, -0.25) is 0 Å². The highest BCUT2D eigenvalue weighted by Gasteiger charge is 2.92. The Labute approximate surface area is 103 Å². The topological polar surface area (TPSA) is 0 Å². The second kappa shape index (κ2) is 3.00. The standard InChI is InChI=1S/C7H6Cl3F5Si/c8-16(9,10)7(15)5(12)2-1-4(11,3-5)6(7,13)14/h1-3H2. The largest absolute Gasteiger partial charge is 0.388 e. The minimum Gasteiger partial charge on any atom is -0.240 e. The highest BCUT2D eigenvalue weighted by molar-refractivity contribution is 7.65. The molecule has 0 nitrogen and oxygen atoms in total. The van der Waals surface area contributed by atoms with Crippen LogP contribution in [0, 0.1) is 0 Å². The number of alkyl halides is 5. The molecule has 0 aromatic heterocycles. The molecule has 2 aliphatic rings. The average molecular weight is 320 g/mol. The van der Waals surface area contributed by atoms with Gasteiger partial charge in [0.15, 0.2) is 11.3 Å². The fourth-order valence-electron chi connectivity index (χ4n) is 2.60. The predicted octanol–water partition coefficient (Wildman–Crippen LogP) is 4.14. The summed E-state index contributed by atoms with van der Waals surface area (Å²) < 4.78 is 69.2. The minimum atomic E-state index is -4.77. The molecular formula is C7H6Cl3F5Si. The number of halogens is 8. The fourth-order valence-corrected chi connectivity index (χ4v) is 6.49. The molecule has 2 rings (SSSR count). The molecule has 0 aliphatic heterocycles. The molecule has 0 radical (unpaired) electrons. The maximum absolute atomic E-state index is 14.2. The Morgan fingerprint density at radius 2 is 1.25 bits per heavy atom. The maximum Gasteiger partial charge on any atom is 0.388 e. The molecule has 3 atom stereocenters. The Bertz CT molecular complexity index is 347. The Kier molecular flexibility index (Phi) is 2.47. The van der Waals surface area contributed by atoms with Gasteiger partial charge in [-0.05, 0) is 12.8 Å². The van der Waals surface area contributed by atoms with Gasteiger partial charge in [-0.25, -0.2) is 13.2 Å². The zero-order chi connectivity index (χ0) is 12.6. The quantitative estimate of drug-likeness (QED) is 0.387. The molecule has 2 aliphatic carbocycles. The van der Waals surface area contributed by atoms with Crippen LogP contribution in [0.5, 0.6) is 0 Å². The third-order valence-electron chi connectivity index (χ3n) is 3.48. The molecule has 2 fully saturated rings. The van der Waals surface area contributed by atoms with E-state index in [1.807, 2.05) is 0 Å². The molecular weight excluding hydrogens is 314 g/mol. The lowest BCUT2D eigenvalue weighted by molar-refractivity contribution is -0.194. The van der Waals surface area contributed by atoms with E-state index in [0.29, 0.717) is 0 Å². The lowest BCUT2D eigenvalue weighted by Crippen LogP contribution is -2.68. The van der Waals surface area contributed by atoms with E-state index < -0.39 is 47.8 Å². The number of hydrogen-bond acceptors (Lipinski definition) is 0. The molecule has 3 unspecified atom stereocenters. The van der Waals surface area contributed by atoms with E-state index in [2.05, 4.69) is 0 Å². The van der Waals surface area contributed by atoms with E-state index in [0.717, 1.165) is 0 Å². The van der Waals surface area contributed by atoms with Crippen LogP contribution in [0.3, 0.4) is 0 Å². The summed E-state index contributed by atoms with van der Waals surface area (Å²) in [5.41, 5.74) is -6.32. The molecule has 0 aromatic carbocycles. The highest BCUT2D eigenvalue weighted by Crippen LogP contribution is 2.72. The number of fused-ring (bicyclic) bond motifs is 2. The first kappa shape index (κ1) is 13.2. The van der Waals surface area contributed by atoms with Crippen LogP contribution >= 0.6 is 33.2 Å². The summed E-state index contributed by atoms with van der Waals surface area (Å²) in [6.45, 7) is 0. The van der Waals surface area contributed by atoms with Gasteiger partial charge in [0.2, 0.25) is 5.29 Å². The summed E-state index contributed by atoms with van der Waals surface area (Å²) in [7, 11) is 0. The van der Waals surface area contributed by atoms with Gasteiger partial charge in [0, 0.05) is 6.42 Å². The predicted molar refractivity (Wildman–Crippen MR) is 53.6 cm³/mol. The molecule has 0 spiro atoms. The summed E-state index contributed by atoms with van der Waals surface area (Å²) in [4.78, 5) is 0. The molecule has 2 bridgehead atoms. The van der Waals surface area contributed by atoms with Crippen molar-refractivity contribution in [3.63, 3.8) is 0 Å². The van der Waals surface area contributed by atoms with Gasteiger partial charge < -0.3 is 0 Å². The SMILES string of the molecule is FC12CCC(F)(C1)C(F)([Si](Cl)(Cl)Cl)C2(F)F. The Hall–Kier alpha value is 0.737. The summed E-state index contributed by atoms with van der Waals surface area (Å²) in [6.07, 6.45) is -2.68. The van der Waals surface area contributed by atoms with Crippen LogP contribution in [0.4, 0.5) is 22.0 Å². The van der Waals surface area contributed by atoms with Crippen molar-refractivity contribution in [3.8, 4) is 0 Å². The smallest absolute Gasteiger partial charge is 0.240 e. The van der Waals surface area contributed by atoms with Crippen molar-refractivity contribution in [2.24, 2.45) is 0 Å². The van der Waals surface area contributed by atoms with Crippen molar-refractivity contribution in [3.05, 3.63) is 0 Å². The van der Waals surface area contributed by atoms with Crippen LogP contribution in [-0.4, -0.2) is 28.6 Å². The zero-order valence-corrected chi connectivity index (χ0v) is 10.9. The third-order valence-corrected chi connectivity index (χ3v) is 7.37. The zero-order valence-electron chi connectivity index (χ0n) is 7.65. The average Bonchev–Trinajstić information content (AvgIpc) is 2.45. The van der Waals surface area contributed by atoms with Crippen LogP contribution < -0.4 is 0 Å². The first-order chi connectivity index (χ1) is 6.91. The van der Waals surface area contributed by atoms with Crippen LogP contribution in [0.25, 0.3) is 0 Å². The molecule has 0 saturated heterocycles. The van der Waals surface area contributed by atoms with E-state index >= 15 is 0 Å². The molecule has 94 valence electrons. The van der Waals surface area contributed by atoms with Gasteiger partial charge in [0.25, 0.3) is 0 Å². The Balaban J connectivity index is 2.63. The van der Waals surface area contributed by atoms with Crippen molar-refractivity contribution < 1.29 is 22.0 Å². The van der Waals surface area contributed by atoms with E-state index in [1.54, 1.807) is 0 Å². The minimum absolute atomic E-state index is 0.684. The Morgan fingerprint density at radius 1 is 0.812 bits per heavy atom. The molecule has 9 heteroatoms. The van der Waals surface area contributed by atoms with Gasteiger partial charge in [-0.15, -0.1) is 33.2 Å². The summed E-state index contributed by atoms with van der Waals surface area (Å²) in [6, 6.07) is -4.77. The van der Waals surface area contributed by atoms with E-state index in [9.17, 15) is 22.0 Å². The van der Waals surface area contributed by atoms with Gasteiger partial charge >= 0.3 is 11.9 Å². The van der Waals surface area contributed by atoms with E-state index in [4.69, 9.17) is 33.2 Å². The van der Waals surface area contributed by atoms with Crippen molar-refractivity contribution in [2.45, 2.75) is 41.8 Å². The lowest BCUT2D eigenvalue weighted by atomic mass is 9.91. The molecule has 0 heterocycles. The summed E-state index contributed by atoms with van der Waals surface area (Å²) in [5.74, 6) is -4.59. The van der Waals surface area contributed by atoms with Crippen LogP contribution in [0.2, 0.25) is 0 Å². The first-order valence-electron chi connectivity index (χ1n) is 4.43. The van der Waals surface area contributed by atoms with Gasteiger partial charge in [0.05, 0.1) is 0 Å². The molecule has 0 N–H and O–H groups in total. The summed E-state index contributed by atoms with van der Waals surface area (Å²) in [5, 5.41) is -4.00. The highest BCUT2D eigenvalue weighted by atomic mass is 35.8. The Morgan fingerprint density at radius 3 is 1.50 bits per heavy atom. The van der Waals surface area contributed by atoms with Gasteiger partial charge in [0.1, 0.15) is 0 Å². The van der Waals surface area contributed by atoms with Crippen molar-refractivity contribution in [2.75, 3.05) is 0 Å². The normalized spacial score (nSPS) is 51.0. The molecule has 2 saturated carbocycles. The number of hydrogen-bond donors (Lipinski definition) is 0. The lowest BCUT2D eigenvalue weighted by Gasteiger charge is -2.43. The fraction of sp³-hybridized carbons (Fsp3) is 1.00. The first-order valence-corrected chi connectivity index (χ1v) is 9.46. The van der Waals surface area contributed by atoms with Crippen LogP contribution in [-0.2, 0) is 0 Å². The van der Waals surface area contributed by atoms with Gasteiger partial charge in [-0.2, -0.15) is 8.78 Å². The monoisotopic (exact) mass is 318 g/mol. The van der Waals surface area contributed by atoms with E-state index in [-0.39, 0.29) is 0 Å². The number of rotatable bonds is 1. The maximum atomic E-state index is 14.2. The second-order valence-electron chi connectivity index (χ2n) is 4.34. The van der Waals surface area contributed by atoms with Crippen LogP contribution in [0.1, 0.15) is 19.3 Å².